The van der Waals surface area contributed by atoms with Crippen molar-refractivity contribution in [3.8, 4) is 11.1 Å². The SMILES string of the molecule is c1ccc2c(c1)Cc1ccc3c4c1C2C[C@H]1CC2CCCC2[C@]41c1ccccc1-3. The Morgan fingerprint density at radius 2 is 1.66 bits per heavy atom. The van der Waals surface area contributed by atoms with Gasteiger partial charge in [0.05, 0.1) is 0 Å². The van der Waals surface area contributed by atoms with Crippen molar-refractivity contribution < 1.29 is 0 Å². The zero-order valence-corrected chi connectivity index (χ0v) is 16.8. The second-order valence-corrected chi connectivity index (χ2v) is 10.4. The van der Waals surface area contributed by atoms with Crippen LogP contribution in [0.4, 0.5) is 0 Å². The van der Waals surface area contributed by atoms with Gasteiger partial charge in [-0.05, 0) is 87.9 Å². The summed E-state index contributed by atoms with van der Waals surface area (Å²) in [7, 11) is 0. The van der Waals surface area contributed by atoms with Crippen LogP contribution in [0.3, 0.4) is 0 Å². The third-order valence-corrected chi connectivity index (χ3v) is 9.57. The number of fused-ring (bicyclic) bond motifs is 5. The summed E-state index contributed by atoms with van der Waals surface area (Å²) in [5.41, 5.74) is 13.5. The molecular weight excluding hydrogens is 348 g/mol. The van der Waals surface area contributed by atoms with Crippen LogP contribution in [-0.4, -0.2) is 0 Å². The summed E-state index contributed by atoms with van der Waals surface area (Å²) in [4.78, 5) is 0. The van der Waals surface area contributed by atoms with Gasteiger partial charge in [-0.25, -0.2) is 0 Å². The third kappa shape index (κ3) is 1.60. The lowest BCUT2D eigenvalue weighted by Gasteiger charge is -2.48. The summed E-state index contributed by atoms with van der Waals surface area (Å²) in [6, 6.07) is 23.8. The molecule has 142 valence electrons. The summed E-state index contributed by atoms with van der Waals surface area (Å²) >= 11 is 0. The van der Waals surface area contributed by atoms with Gasteiger partial charge in [0.15, 0.2) is 0 Å². The van der Waals surface area contributed by atoms with Crippen LogP contribution in [0.5, 0.6) is 0 Å². The largest absolute Gasteiger partial charge is 0.0620 e. The zero-order valence-electron chi connectivity index (χ0n) is 16.8. The molecule has 0 heteroatoms. The van der Waals surface area contributed by atoms with Gasteiger partial charge >= 0.3 is 0 Å². The lowest BCUT2D eigenvalue weighted by atomic mass is 9.55. The second-order valence-electron chi connectivity index (χ2n) is 10.4. The Labute approximate surface area is 173 Å². The molecule has 2 fully saturated rings. The molecule has 0 bridgehead atoms. The highest BCUT2D eigenvalue weighted by atomic mass is 14.7. The lowest BCUT2D eigenvalue weighted by Crippen LogP contribution is -2.42. The first-order chi connectivity index (χ1) is 14.4. The van der Waals surface area contributed by atoms with Crippen molar-refractivity contribution >= 4 is 0 Å². The molecule has 2 saturated carbocycles. The smallest absolute Gasteiger partial charge is 0.0277 e. The molecule has 3 aromatic rings. The Morgan fingerprint density at radius 3 is 2.66 bits per heavy atom. The first-order valence-electron chi connectivity index (χ1n) is 11.7. The lowest BCUT2D eigenvalue weighted by molar-refractivity contribution is 0.254. The predicted molar refractivity (Wildman–Crippen MR) is 117 cm³/mol. The van der Waals surface area contributed by atoms with Gasteiger partial charge in [0.1, 0.15) is 0 Å². The van der Waals surface area contributed by atoms with Crippen molar-refractivity contribution in [3.05, 3.63) is 94.0 Å². The molecule has 0 amide bonds. The average Bonchev–Trinajstić information content (AvgIpc) is 3.42. The van der Waals surface area contributed by atoms with Gasteiger partial charge in [-0.15, -0.1) is 0 Å². The van der Waals surface area contributed by atoms with Crippen LogP contribution in [0, 0.1) is 17.8 Å². The van der Waals surface area contributed by atoms with Gasteiger partial charge in [0, 0.05) is 11.3 Å². The van der Waals surface area contributed by atoms with Gasteiger partial charge < -0.3 is 0 Å². The standard InChI is InChI=1S/C29H26/c1-2-8-21-17(6-1)14-19-12-13-23-22-9-3-4-10-26(22)29-20(15-18-7-5-11-25(18)29)16-24(21)27(19)28(23)29/h1-4,6,8-10,12-13,18,20,24-25H,5,7,11,14-16H2/t18?,20-,24?,25?,29-/m1/s1. The maximum atomic E-state index is 2.51. The normalized spacial score (nSPS) is 34.2. The molecule has 5 aliphatic rings. The molecule has 0 aliphatic heterocycles. The van der Waals surface area contributed by atoms with Crippen molar-refractivity contribution in [2.75, 3.05) is 0 Å². The van der Waals surface area contributed by atoms with Crippen molar-refractivity contribution in [1.29, 1.82) is 0 Å². The van der Waals surface area contributed by atoms with Crippen molar-refractivity contribution in [1.82, 2.24) is 0 Å². The maximum absolute atomic E-state index is 2.51. The van der Waals surface area contributed by atoms with E-state index in [0.717, 1.165) is 24.2 Å². The average molecular weight is 375 g/mol. The molecule has 1 spiro atoms. The molecule has 0 N–H and O–H groups in total. The van der Waals surface area contributed by atoms with Crippen LogP contribution in [0.1, 0.15) is 71.4 Å². The summed E-state index contributed by atoms with van der Waals surface area (Å²) in [6.45, 7) is 0. The van der Waals surface area contributed by atoms with E-state index in [1.165, 1.54) is 32.1 Å². The van der Waals surface area contributed by atoms with Crippen LogP contribution in [0.25, 0.3) is 11.1 Å². The van der Waals surface area contributed by atoms with E-state index in [-0.39, 0.29) is 0 Å². The molecule has 3 unspecified atom stereocenters. The molecule has 3 aromatic carbocycles. The molecule has 0 heterocycles. The summed E-state index contributed by atoms with van der Waals surface area (Å²) in [5.74, 6) is 3.26. The summed E-state index contributed by atoms with van der Waals surface area (Å²) in [6.07, 6.45) is 8.31. The Hall–Kier alpha value is -2.34. The van der Waals surface area contributed by atoms with Gasteiger partial charge in [-0.3, -0.25) is 0 Å². The third-order valence-electron chi connectivity index (χ3n) is 9.57. The maximum Gasteiger partial charge on any atom is 0.0277 e. The van der Waals surface area contributed by atoms with E-state index in [4.69, 9.17) is 0 Å². The summed E-state index contributed by atoms with van der Waals surface area (Å²) in [5, 5.41) is 0. The van der Waals surface area contributed by atoms with Crippen molar-refractivity contribution in [2.45, 2.75) is 49.9 Å². The molecule has 5 atom stereocenters. The molecular formula is C29H26. The van der Waals surface area contributed by atoms with Crippen molar-refractivity contribution in [2.24, 2.45) is 17.8 Å². The molecule has 0 saturated heterocycles. The number of hydrogen-bond acceptors (Lipinski definition) is 0. The minimum atomic E-state index is 0.321. The van der Waals surface area contributed by atoms with E-state index < -0.39 is 0 Å². The van der Waals surface area contributed by atoms with E-state index in [2.05, 4.69) is 60.7 Å². The molecule has 5 aliphatic carbocycles. The fraction of sp³-hybridized carbons (Fsp3) is 0.379. The fourth-order valence-electron chi connectivity index (χ4n) is 8.89. The van der Waals surface area contributed by atoms with Crippen LogP contribution >= 0.6 is 0 Å². The highest BCUT2D eigenvalue weighted by Crippen LogP contribution is 2.72. The molecule has 0 nitrogen and oxygen atoms in total. The van der Waals surface area contributed by atoms with E-state index in [0.29, 0.717) is 11.3 Å². The zero-order chi connectivity index (χ0) is 18.7. The van der Waals surface area contributed by atoms with Gasteiger partial charge in [0.25, 0.3) is 0 Å². The van der Waals surface area contributed by atoms with Gasteiger partial charge in [0.2, 0.25) is 0 Å². The van der Waals surface area contributed by atoms with Crippen LogP contribution < -0.4 is 0 Å². The molecule has 29 heavy (non-hydrogen) atoms. The fourth-order valence-corrected chi connectivity index (χ4v) is 8.89. The number of rotatable bonds is 0. The second kappa shape index (κ2) is 5.04. The quantitative estimate of drug-likeness (QED) is 0.404. The van der Waals surface area contributed by atoms with Crippen molar-refractivity contribution in [3.63, 3.8) is 0 Å². The van der Waals surface area contributed by atoms with E-state index in [1.807, 2.05) is 0 Å². The number of benzene rings is 3. The van der Waals surface area contributed by atoms with Crippen LogP contribution in [0.15, 0.2) is 60.7 Å². The van der Waals surface area contributed by atoms with Crippen LogP contribution in [-0.2, 0) is 11.8 Å². The Bertz CT molecular complexity index is 1200. The first kappa shape index (κ1) is 15.5. The monoisotopic (exact) mass is 374 g/mol. The highest BCUT2D eigenvalue weighted by Gasteiger charge is 2.64. The van der Waals surface area contributed by atoms with E-state index in [1.54, 1.807) is 44.5 Å². The first-order valence-corrected chi connectivity index (χ1v) is 11.7. The Balaban J connectivity index is 1.51. The number of hydrogen-bond donors (Lipinski definition) is 0. The highest BCUT2D eigenvalue weighted by molar-refractivity contribution is 5.85. The van der Waals surface area contributed by atoms with Gasteiger partial charge in [-0.1, -0.05) is 73.5 Å². The summed E-state index contributed by atoms with van der Waals surface area (Å²) < 4.78 is 0. The van der Waals surface area contributed by atoms with E-state index in [9.17, 15) is 0 Å². The van der Waals surface area contributed by atoms with E-state index >= 15 is 0 Å². The Morgan fingerprint density at radius 1 is 0.759 bits per heavy atom. The molecule has 0 aromatic heterocycles. The Kier molecular flexibility index (Phi) is 2.69. The minimum absolute atomic E-state index is 0.321. The van der Waals surface area contributed by atoms with Crippen LogP contribution in [0.2, 0.25) is 0 Å². The molecule has 8 rings (SSSR count). The molecule has 0 radical (unpaired) electrons. The van der Waals surface area contributed by atoms with Gasteiger partial charge in [-0.2, -0.15) is 0 Å². The topological polar surface area (TPSA) is 0 Å². The predicted octanol–water partition coefficient (Wildman–Crippen LogP) is 6.83. The minimum Gasteiger partial charge on any atom is -0.0620 e.